The Hall–Kier alpha value is -0.890. The number of hydrogen-bond acceptors (Lipinski definition) is 2. The quantitative estimate of drug-likeness (QED) is 0.665. The van der Waals surface area contributed by atoms with Crippen LogP contribution in [0, 0.1) is 6.92 Å². The summed E-state index contributed by atoms with van der Waals surface area (Å²) in [6.45, 7) is 6.25. The van der Waals surface area contributed by atoms with Gasteiger partial charge < -0.3 is 0 Å². The molecule has 0 unspecified atom stereocenters. The molecule has 0 N–H and O–H groups in total. The highest BCUT2D eigenvalue weighted by atomic mass is 32.1. The molecular weight excluding hydrogens is 178 g/mol. The summed E-state index contributed by atoms with van der Waals surface area (Å²) in [4.78, 5) is 5.54. The molecule has 1 rings (SSSR count). The summed E-state index contributed by atoms with van der Waals surface area (Å²) in [5.41, 5.74) is 4.32. The highest BCUT2D eigenvalue weighted by Crippen LogP contribution is 2.24. The minimum absolute atomic E-state index is 1.07. The molecule has 0 saturated carbocycles. The molecule has 0 aromatic carbocycles. The van der Waals surface area contributed by atoms with Crippen molar-refractivity contribution in [3.05, 3.63) is 34.3 Å². The average Bonchev–Trinajstić information content (AvgIpc) is 2.51. The van der Waals surface area contributed by atoms with E-state index in [0.717, 1.165) is 12.1 Å². The predicted molar refractivity (Wildman–Crippen MR) is 59.9 cm³/mol. The van der Waals surface area contributed by atoms with Gasteiger partial charge in [0.25, 0.3) is 0 Å². The minimum Gasteiger partial charge on any atom is -0.249 e. The topological polar surface area (TPSA) is 12.9 Å². The summed E-state index contributed by atoms with van der Waals surface area (Å²) in [6, 6.07) is 0. The van der Waals surface area contributed by atoms with E-state index in [4.69, 9.17) is 0 Å². The maximum Gasteiger partial charge on any atom is 0.0801 e. The van der Waals surface area contributed by atoms with Gasteiger partial charge in [0.15, 0.2) is 0 Å². The van der Waals surface area contributed by atoms with Crippen molar-refractivity contribution in [3.8, 4) is 0 Å². The summed E-state index contributed by atoms with van der Waals surface area (Å²) in [6.07, 6.45) is 7.52. The number of thiazole rings is 1. The van der Waals surface area contributed by atoms with Crippen LogP contribution in [0.4, 0.5) is 0 Å². The normalized spacial score (nSPS) is 12.7. The fourth-order valence-electron chi connectivity index (χ4n) is 1.21. The number of aromatic nitrogens is 1. The van der Waals surface area contributed by atoms with Gasteiger partial charge in [0.2, 0.25) is 0 Å². The van der Waals surface area contributed by atoms with Crippen LogP contribution in [-0.2, 0) is 0 Å². The molecule has 1 nitrogen and oxygen atoms in total. The van der Waals surface area contributed by atoms with Crippen LogP contribution in [0.5, 0.6) is 0 Å². The van der Waals surface area contributed by atoms with Crippen LogP contribution in [0.3, 0.4) is 0 Å². The first-order chi connectivity index (χ1) is 6.29. The zero-order valence-electron chi connectivity index (χ0n) is 8.37. The molecule has 0 aliphatic rings. The van der Waals surface area contributed by atoms with Gasteiger partial charge in [-0.2, -0.15) is 0 Å². The molecule has 1 heterocycles. The molecule has 13 heavy (non-hydrogen) atoms. The van der Waals surface area contributed by atoms with Crippen LogP contribution in [-0.4, -0.2) is 4.98 Å². The lowest BCUT2D eigenvalue weighted by Crippen LogP contribution is -1.80. The summed E-state index contributed by atoms with van der Waals surface area (Å²) in [7, 11) is 0. The Balaban J connectivity index is 3.02. The molecule has 0 fully saturated rings. The molecule has 0 bridgehead atoms. The Morgan fingerprint density at radius 3 is 2.85 bits per heavy atom. The summed E-state index contributed by atoms with van der Waals surface area (Å²) in [5.74, 6) is 0. The lowest BCUT2D eigenvalue weighted by Gasteiger charge is -1.98. The van der Waals surface area contributed by atoms with Gasteiger partial charge >= 0.3 is 0 Å². The molecule has 0 amide bonds. The minimum atomic E-state index is 1.07. The highest BCUT2D eigenvalue weighted by molar-refractivity contribution is 7.11. The van der Waals surface area contributed by atoms with Crippen molar-refractivity contribution in [1.82, 2.24) is 4.98 Å². The highest BCUT2D eigenvalue weighted by Gasteiger charge is 2.03. The summed E-state index contributed by atoms with van der Waals surface area (Å²) >= 11 is 1.71. The standard InChI is InChI=1S/C11H15NS/c1-4-6-10(7-5-2)11-9(3)12-8-13-11/h4,6-8H,5H2,1-3H3/b6-4-,10-7+. The zero-order chi connectivity index (χ0) is 9.68. The van der Waals surface area contributed by atoms with E-state index in [-0.39, 0.29) is 0 Å². The molecular formula is C11H15NS. The lowest BCUT2D eigenvalue weighted by molar-refractivity contribution is 1.22. The summed E-state index contributed by atoms with van der Waals surface area (Å²) < 4.78 is 0. The Morgan fingerprint density at radius 1 is 1.62 bits per heavy atom. The Bertz CT molecular complexity index is 321. The number of allylic oxidation sites excluding steroid dienone is 4. The average molecular weight is 193 g/mol. The zero-order valence-corrected chi connectivity index (χ0v) is 9.19. The molecule has 1 aromatic rings. The van der Waals surface area contributed by atoms with E-state index in [1.165, 1.54) is 10.5 Å². The Morgan fingerprint density at radius 2 is 2.38 bits per heavy atom. The van der Waals surface area contributed by atoms with E-state index in [0.29, 0.717) is 0 Å². The third kappa shape index (κ3) is 2.52. The molecule has 0 radical (unpaired) electrons. The van der Waals surface area contributed by atoms with E-state index in [2.05, 4.69) is 37.1 Å². The van der Waals surface area contributed by atoms with E-state index < -0.39 is 0 Å². The van der Waals surface area contributed by atoms with Gasteiger partial charge in [0.1, 0.15) is 0 Å². The number of aryl methyl sites for hydroxylation is 1. The molecule has 0 aliphatic heterocycles. The van der Waals surface area contributed by atoms with Gasteiger partial charge in [-0.15, -0.1) is 11.3 Å². The second kappa shape index (κ2) is 4.97. The van der Waals surface area contributed by atoms with Crippen LogP contribution < -0.4 is 0 Å². The van der Waals surface area contributed by atoms with Gasteiger partial charge in [0.05, 0.1) is 16.1 Å². The van der Waals surface area contributed by atoms with Crippen molar-refractivity contribution >= 4 is 16.9 Å². The monoisotopic (exact) mass is 193 g/mol. The third-order valence-corrected chi connectivity index (χ3v) is 2.76. The second-order valence-corrected chi connectivity index (χ2v) is 3.69. The first-order valence-corrected chi connectivity index (χ1v) is 5.40. The number of nitrogens with zero attached hydrogens (tertiary/aromatic N) is 1. The smallest absolute Gasteiger partial charge is 0.0801 e. The van der Waals surface area contributed by atoms with Gasteiger partial charge in [-0.3, -0.25) is 0 Å². The largest absolute Gasteiger partial charge is 0.249 e. The predicted octanol–water partition coefficient (Wildman–Crippen LogP) is 3.82. The molecule has 0 saturated heterocycles. The fourth-order valence-corrected chi connectivity index (χ4v) is 2.04. The fraction of sp³-hybridized carbons (Fsp3) is 0.364. The van der Waals surface area contributed by atoms with Crippen molar-refractivity contribution in [2.45, 2.75) is 27.2 Å². The van der Waals surface area contributed by atoms with E-state index >= 15 is 0 Å². The van der Waals surface area contributed by atoms with Gasteiger partial charge in [0, 0.05) is 0 Å². The Labute approximate surface area is 83.8 Å². The molecule has 1 aromatic heterocycles. The first kappa shape index (κ1) is 10.2. The van der Waals surface area contributed by atoms with E-state index in [9.17, 15) is 0 Å². The lowest BCUT2D eigenvalue weighted by atomic mass is 10.1. The van der Waals surface area contributed by atoms with Crippen molar-refractivity contribution in [2.75, 3.05) is 0 Å². The maximum absolute atomic E-state index is 4.25. The Kier molecular flexibility index (Phi) is 3.90. The van der Waals surface area contributed by atoms with Crippen LogP contribution >= 0.6 is 11.3 Å². The molecule has 2 heteroatoms. The van der Waals surface area contributed by atoms with Crippen molar-refractivity contribution in [2.24, 2.45) is 0 Å². The molecule has 0 spiro atoms. The number of rotatable bonds is 3. The molecule has 0 aliphatic carbocycles. The van der Waals surface area contributed by atoms with Crippen LogP contribution in [0.1, 0.15) is 30.8 Å². The van der Waals surface area contributed by atoms with Crippen molar-refractivity contribution < 1.29 is 0 Å². The maximum atomic E-state index is 4.25. The molecule has 70 valence electrons. The van der Waals surface area contributed by atoms with Gasteiger partial charge in [-0.1, -0.05) is 25.2 Å². The van der Waals surface area contributed by atoms with E-state index in [1.54, 1.807) is 11.3 Å². The molecule has 0 atom stereocenters. The number of hydrogen-bond donors (Lipinski definition) is 0. The van der Waals surface area contributed by atoms with Crippen molar-refractivity contribution in [1.29, 1.82) is 0 Å². The SMILES string of the molecule is C/C=C\C(=C/CC)c1scnc1C. The third-order valence-electron chi connectivity index (χ3n) is 1.78. The van der Waals surface area contributed by atoms with Crippen LogP contribution in [0.2, 0.25) is 0 Å². The first-order valence-electron chi connectivity index (χ1n) is 4.53. The van der Waals surface area contributed by atoms with Gasteiger partial charge in [-0.05, 0) is 25.8 Å². The van der Waals surface area contributed by atoms with Gasteiger partial charge in [-0.25, -0.2) is 4.98 Å². The van der Waals surface area contributed by atoms with E-state index in [1.807, 2.05) is 12.4 Å². The van der Waals surface area contributed by atoms with Crippen LogP contribution in [0.15, 0.2) is 23.7 Å². The van der Waals surface area contributed by atoms with Crippen molar-refractivity contribution in [3.63, 3.8) is 0 Å². The van der Waals surface area contributed by atoms with Crippen LogP contribution in [0.25, 0.3) is 5.57 Å². The summed E-state index contributed by atoms with van der Waals surface area (Å²) in [5, 5.41) is 0. The second-order valence-electron chi connectivity index (χ2n) is 2.83.